The molecule has 1 heterocycles. The highest BCUT2D eigenvalue weighted by Crippen LogP contribution is 2.39. The monoisotopic (exact) mass is 704 g/mol. The molecule has 4 rings (SSSR count). The van der Waals surface area contributed by atoms with Gasteiger partial charge in [-0.25, -0.2) is 22.4 Å². The van der Waals surface area contributed by atoms with Crippen molar-refractivity contribution >= 4 is 52.1 Å². The van der Waals surface area contributed by atoms with Crippen molar-refractivity contribution in [2.24, 2.45) is 0 Å². The summed E-state index contributed by atoms with van der Waals surface area (Å²) in [6.45, 7) is 4.09. The zero-order valence-electron chi connectivity index (χ0n) is 22.9. The van der Waals surface area contributed by atoms with E-state index in [2.05, 4.69) is 10.6 Å². The van der Waals surface area contributed by atoms with Crippen LogP contribution < -0.4 is 15.5 Å². The van der Waals surface area contributed by atoms with Gasteiger partial charge in [0.05, 0.1) is 12.2 Å². The molecule has 2 aromatic carbocycles. The summed E-state index contributed by atoms with van der Waals surface area (Å²) >= 11 is 1.92. The zero-order chi connectivity index (χ0) is 31.0. The van der Waals surface area contributed by atoms with E-state index in [1.54, 1.807) is 39.0 Å². The molecule has 1 aliphatic heterocycles. The van der Waals surface area contributed by atoms with Gasteiger partial charge in [0.25, 0.3) is 11.8 Å². The van der Waals surface area contributed by atoms with Gasteiger partial charge in [-0.15, -0.1) is 0 Å². The number of nitrogens with one attached hydrogen (secondary N) is 2. The van der Waals surface area contributed by atoms with Crippen molar-refractivity contribution in [2.75, 3.05) is 18.0 Å². The van der Waals surface area contributed by atoms with Gasteiger partial charge < -0.3 is 15.4 Å². The van der Waals surface area contributed by atoms with Crippen LogP contribution in [0, 0.1) is 15.2 Å². The molecule has 0 unspecified atom stereocenters. The standard InChI is InChI=1S/C28H29F4IN4O5/c1-27(2,3)42-26(41)36-13-21(35-22(38)14-36)25(40)37(18-9-15(29)8-16(30)10-18)23(19-6-4-5-7-20(19)33)24(39)34-17-11-28(31,32)12-17/h4-10,17,21,23H,11-14H2,1-3H3,(H,34,39)(H,35,38)/t21-,23-/m0/s1. The number of carbonyl (C=O) groups is 4. The minimum Gasteiger partial charge on any atom is -0.444 e. The molecule has 2 atom stereocenters. The summed E-state index contributed by atoms with van der Waals surface area (Å²) in [5.74, 6) is -7.60. The van der Waals surface area contributed by atoms with Crippen molar-refractivity contribution in [2.45, 2.75) is 63.3 Å². The Morgan fingerprint density at radius 2 is 1.74 bits per heavy atom. The minimum atomic E-state index is -2.95. The summed E-state index contributed by atoms with van der Waals surface area (Å²) in [4.78, 5) is 55.2. The molecule has 0 bridgehead atoms. The van der Waals surface area contributed by atoms with Gasteiger partial charge in [-0.1, -0.05) is 18.2 Å². The van der Waals surface area contributed by atoms with Crippen LogP contribution in [0.4, 0.5) is 28.0 Å². The summed E-state index contributed by atoms with van der Waals surface area (Å²) in [6.07, 6.45) is -2.08. The van der Waals surface area contributed by atoms with E-state index in [0.717, 1.165) is 21.9 Å². The second kappa shape index (κ2) is 12.1. The number of alkyl halides is 2. The lowest BCUT2D eigenvalue weighted by Gasteiger charge is -2.40. The second-order valence-corrected chi connectivity index (χ2v) is 12.4. The molecule has 2 fully saturated rings. The highest BCUT2D eigenvalue weighted by Gasteiger charge is 2.48. The molecule has 0 spiro atoms. The van der Waals surface area contributed by atoms with Crippen molar-refractivity contribution in [3.63, 3.8) is 0 Å². The van der Waals surface area contributed by atoms with Crippen LogP contribution in [-0.2, 0) is 19.1 Å². The first-order valence-corrected chi connectivity index (χ1v) is 14.1. The van der Waals surface area contributed by atoms with Crippen LogP contribution in [-0.4, -0.2) is 65.4 Å². The van der Waals surface area contributed by atoms with Crippen molar-refractivity contribution in [1.29, 1.82) is 0 Å². The van der Waals surface area contributed by atoms with Crippen molar-refractivity contribution < 1.29 is 41.5 Å². The molecule has 226 valence electrons. The zero-order valence-corrected chi connectivity index (χ0v) is 25.1. The molecule has 14 heteroatoms. The van der Waals surface area contributed by atoms with Gasteiger partial charge in [0, 0.05) is 28.5 Å². The number of nitrogens with zero attached hydrogens (tertiary/aromatic N) is 2. The first-order chi connectivity index (χ1) is 19.5. The molecule has 42 heavy (non-hydrogen) atoms. The fourth-order valence-corrected chi connectivity index (χ4v) is 5.42. The van der Waals surface area contributed by atoms with Gasteiger partial charge in [-0.05, 0) is 67.1 Å². The largest absolute Gasteiger partial charge is 0.444 e. The number of anilines is 1. The van der Waals surface area contributed by atoms with Gasteiger partial charge >= 0.3 is 6.09 Å². The summed E-state index contributed by atoms with van der Waals surface area (Å²) in [5.41, 5.74) is -1.02. The summed E-state index contributed by atoms with van der Waals surface area (Å²) in [7, 11) is 0. The Hall–Kier alpha value is -3.43. The fraction of sp³-hybridized carbons (Fsp3) is 0.429. The first-order valence-electron chi connectivity index (χ1n) is 13.0. The van der Waals surface area contributed by atoms with Crippen LogP contribution in [0.3, 0.4) is 0 Å². The summed E-state index contributed by atoms with van der Waals surface area (Å²) in [5, 5.41) is 5.00. The molecule has 2 aromatic rings. The van der Waals surface area contributed by atoms with Gasteiger partial charge in [0.15, 0.2) is 0 Å². The van der Waals surface area contributed by atoms with Crippen LogP contribution in [0.15, 0.2) is 42.5 Å². The lowest BCUT2D eigenvalue weighted by atomic mass is 9.87. The fourth-order valence-electron chi connectivity index (χ4n) is 4.74. The van der Waals surface area contributed by atoms with Crippen molar-refractivity contribution in [1.82, 2.24) is 15.5 Å². The summed E-state index contributed by atoms with van der Waals surface area (Å²) < 4.78 is 61.9. The maximum atomic E-state index is 14.5. The number of amides is 4. The van der Waals surface area contributed by atoms with E-state index in [4.69, 9.17) is 4.74 Å². The molecular weight excluding hydrogens is 675 g/mol. The summed E-state index contributed by atoms with van der Waals surface area (Å²) in [6, 6.07) is 4.72. The van der Waals surface area contributed by atoms with Gasteiger partial charge in [-0.3, -0.25) is 24.2 Å². The number of hydrogen-bond acceptors (Lipinski definition) is 5. The van der Waals surface area contributed by atoms with Crippen LogP contribution in [0.25, 0.3) is 0 Å². The van der Waals surface area contributed by atoms with E-state index >= 15 is 0 Å². The molecule has 2 aliphatic rings. The SMILES string of the molecule is CC(C)(C)OC(=O)N1CC(=O)N[C@H](C(=O)N(c2cc(F)cc(F)c2)[C@H](C(=O)NC2CC(F)(F)C2)c2ccccc2I)C1. The Morgan fingerprint density at radius 3 is 2.31 bits per heavy atom. The van der Waals surface area contributed by atoms with E-state index in [1.165, 1.54) is 6.07 Å². The molecule has 9 nitrogen and oxygen atoms in total. The van der Waals surface area contributed by atoms with Crippen LogP contribution >= 0.6 is 22.6 Å². The minimum absolute atomic E-state index is 0.242. The van der Waals surface area contributed by atoms with E-state index in [9.17, 15) is 36.7 Å². The van der Waals surface area contributed by atoms with E-state index < -0.39 is 84.5 Å². The highest BCUT2D eigenvalue weighted by molar-refractivity contribution is 14.1. The number of piperazine rings is 1. The maximum absolute atomic E-state index is 14.5. The first kappa shape index (κ1) is 31.5. The number of ether oxygens (including phenoxy) is 1. The Bertz CT molecular complexity index is 1370. The predicted octanol–water partition coefficient (Wildman–Crippen LogP) is 4.29. The molecule has 1 saturated heterocycles. The van der Waals surface area contributed by atoms with E-state index in [1.807, 2.05) is 22.6 Å². The third kappa shape index (κ3) is 7.50. The quantitative estimate of drug-likeness (QED) is 0.345. The third-order valence-corrected chi connectivity index (χ3v) is 7.51. The number of carbonyl (C=O) groups excluding carboxylic acids is 4. The third-order valence-electron chi connectivity index (χ3n) is 6.53. The normalized spacial score (nSPS) is 19.3. The average molecular weight is 704 g/mol. The second-order valence-electron chi connectivity index (χ2n) is 11.2. The molecular formula is C28H29F4IN4O5. The van der Waals surface area contributed by atoms with Gasteiger partial charge in [0.1, 0.15) is 35.9 Å². The molecule has 4 amide bonds. The Morgan fingerprint density at radius 1 is 1.12 bits per heavy atom. The highest BCUT2D eigenvalue weighted by atomic mass is 127. The smallest absolute Gasteiger partial charge is 0.410 e. The molecule has 1 saturated carbocycles. The van der Waals surface area contributed by atoms with Crippen LogP contribution in [0.2, 0.25) is 0 Å². The van der Waals surface area contributed by atoms with Crippen molar-refractivity contribution in [3.05, 3.63) is 63.2 Å². The number of halogens is 5. The maximum Gasteiger partial charge on any atom is 0.410 e. The topological polar surface area (TPSA) is 108 Å². The van der Waals surface area contributed by atoms with E-state index in [0.29, 0.717) is 9.64 Å². The molecule has 0 aromatic heterocycles. The molecule has 2 N–H and O–H groups in total. The average Bonchev–Trinajstić information content (AvgIpc) is 2.84. The number of benzene rings is 2. The van der Waals surface area contributed by atoms with Crippen LogP contribution in [0.1, 0.15) is 45.2 Å². The van der Waals surface area contributed by atoms with Gasteiger partial charge in [0.2, 0.25) is 11.8 Å². The number of rotatable bonds is 6. The lowest BCUT2D eigenvalue weighted by molar-refractivity contribution is -0.135. The van der Waals surface area contributed by atoms with E-state index in [-0.39, 0.29) is 17.8 Å². The molecule has 0 radical (unpaired) electrons. The number of hydrogen-bond donors (Lipinski definition) is 2. The van der Waals surface area contributed by atoms with Crippen LogP contribution in [0.5, 0.6) is 0 Å². The van der Waals surface area contributed by atoms with Crippen molar-refractivity contribution in [3.8, 4) is 0 Å². The molecule has 1 aliphatic carbocycles. The lowest BCUT2D eigenvalue weighted by Crippen LogP contribution is -2.63. The van der Waals surface area contributed by atoms with Gasteiger partial charge in [-0.2, -0.15) is 0 Å². The predicted molar refractivity (Wildman–Crippen MR) is 152 cm³/mol. The Labute approximate surface area is 253 Å². The Kier molecular flexibility index (Phi) is 9.04. The Balaban J connectivity index is 1.77.